The fourth-order valence-electron chi connectivity index (χ4n) is 2.02. The Hall–Kier alpha value is -1.27. The fraction of sp³-hybridized carbons (Fsp3) is 0.600. The minimum absolute atomic E-state index is 0.0391. The van der Waals surface area contributed by atoms with Crippen molar-refractivity contribution in [3.05, 3.63) is 29.3 Å². The van der Waals surface area contributed by atoms with E-state index in [0.29, 0.717) is 5.75 Å². The van der Waals surface area contributed by atoms with E-state index in [4.69, 9.17) is 4.74 Å². The van der Waals surface area contributed by atoms with Gasteiger partial charge in [-0.1, -0.05) is 18.2 Å². The summed E-state index contributed by atoms with van der Waals surface area (Å²) in [5, 5.41) is 12.4. The van der Waals surface area contributed by atoms with Crippen LogP contribution in [-0.4, -0.2) is 36.6 Å². The zero-order valence-electron chi connectivity index (χ0n) is 12.5. The third kappa shape index (κ3) is 6.82. The second-order valence-corrected chi connectivity index (χ2v) is 5.31. The predicted molar refractivity (Wildman–Crippen MR) is 75.6 cm³/mol. The minimum Gasteiger partial charge on any atom is -0.490 e. The van der Waals surface area contributed by atoms with Gasteiger partial charge in [0.15, 0.2) is 0 Å². The molecule has 6 heteroatoms. The summed E-state index contributed by atoms with van der Waals surface area (Å²) >= 11 is 0. The third-order valence-electron chi connectivity index (χ3n) is 3.07. The molecule has 1 aromatic carbocycles. The molecule has 0 aliphatic heterocycles. The number of hydrogen-bond acceptors (Lipinski definition) is 3. The van der Waals surface area contributed by atoms with Gasteiger partial charge < -0.3 is 15.2 Å². The second-order valence-electron chi connectivity index (χ2n) is 5.31. The summed E-state index contributed by atoms with van der Waals surface area (Å²) in [6.45, 7) is 5.34. The lowest BCUT2D eigenvalue weighted by Crippen LogP contribution is -2.38. The maximum atomic E-state index is 12.2. The molecule has 0 amide bonds. The van der Waals surface area contributed by atoms with Gasteiger partial charge in [0.05, 0.1) is 6.42 Å². The Morgan fingerprint density at radius 3 is 2.33 bits per heavy atom. The summed E-state index contributed by atoms with van der Waals surface area (Å²) in [6.07, 6.45) is -5.98. The zero-order valence-corrected chi connectivity index (χ0v) is 12.5. The van der Waals surface area contributed by atoms with Crippen molar-refractivity contribution in [1.29, 1.82) is 0 Å². The Bertz CT molecular complexity index is 429. The van der Waals surface area contributed by atoms with E-state index < -0.39 is 24.7 Å². The minimum atomic E-state index is -4.20. The van der Waals surface area contributed by atoms with Crippen molar-refractivity contribution >= 4 is 0 Å². The van der Waals surface area contributed by atoms with E-state index in [0.717, 1.165) is 11.1 Å². The number of nitrogens with one attached hydrogen (secondary N) is 1. The summed E-state index contributed by atoms with van der Waals surface area (Å²) in [5.41, 5.74) is 1.92. The normalized spacial score (nSPS) is 14.8. The summed E-state index contributed by atoms with van der Waals surface area (Å²) in [7, 11) is 0. The molecule has 0 aliphatic carbocycles. The molecule has 0 bridgehead atoms. The van der Waals surface area contributed by atoms with Crippen molar-refractivity contribution in [2.45, 2.75) is 45.5 Å². The smallest absolute Gasteiger partial charge is 0.390 e. The third-order valence-corrected chi connectivity index (χ3v) is 3.07. The predicted octanol–water partition coefficient (Wildman–Crippen LogP) is 2.97. The summed E-state index contributed by atoms with van der Waals surface area (Å²) in [4.78, 5) is 0. The number of hydrogen-bond donors (Lipinski definition) is 2. The molecule has 21 heavy (non-hydrogen) atoms. The lowest BCUT2D eigenvalue weighted by molar-refractivity contribution is -0.139. The van der Waals surface area contributed by atoms with Crippen LogP contribution in [0.1, 0.15) is 24.5 Å². The number of alkyl halides is 3. The van der Waals surface area contributed by atoms with Crippen LogP contribution in [-0.2, 0) is 0 Å². The van der Waals surface area contributed by atoms with E-state index >= 15 is 0 Å². The lowest BCUT2D eigenvalue weighted by Gasteiger charge is -2.19. The molecular formula is C15H22F3NO2. The Morgan fingerprint density at radius 2 is 1.81 bits per heavy atom. The van der Waals surface area contributed by atoms with E-state index in [1.807, 2.05) is 32.0 Å². The van der Waals surface area contributed by atoms with Gasteiger partial charge in [0.1, 0.15) is 18.5 Å². The molecule has 2 N–H and O–H groups in total. The van der Waals surface area contributed by atoms with E-state index in [1.165, 1.54) is 6.92 Å². The van der Waals surface area contributed by atoms with Crippen LogP contribution in [0.3, 0.4) is 0 Å². The molecule has 0 spiro atoms. The van der Waals surface area contributed by atoms with Gasteiger partial charge in [-0.25, -0.2) is 0 Å². The number of ether oxygens (including phenoxy) is 1. The Kier molecular flexibility index (Phi) is 6.48. The van der Waals surface area contributed by atoms with Gasteiger partial charge in [-0.15, -0.1) is 0 Å². The molecule has 0 radical (unpaired) electrons. The van der Waals surface area contributed by atoms with Crippen LogP contribution in [0.15, 0.2) is 18.2 Å². The van der Waals surface area contributed by atoms with Gasteiger partial charge in [-0.05, 0) is 31.9 Å². The number of halogens is 3. The van der Waals surface area contributed by atoms with Crippen molar-refractivity contribution in [2.24, 2.45) is 0 Å². The standard InChI is InChI=1S/C15H22F3NO2/c1-10-5-4-6-11(2)14(10)21-9-13(20)8-19-12(3)7-15(16,17)18/h4-6,12-13,19-20H,7-9H2,1-3H3. The molecule has 3 nitrogen and oxygen atoms in total. The van der Waals surface area contributed by atoms with Gasteiger partial charge in [0, 0.05) is 12.6 Å². The fourth-order valence-corrected chi connectivity index (χ4v) is 2.02. The molecule has 0 heterocycles. The first-order valence-electron chi connectivity index (χ1n) is 6.86. The van der Waals surface area contributed by atoms with Crippen LogP contribution in [0, 0.1) is 13.8 Å². The summed E-state index contributed by atoms with van der Waals surface area (Å²) < 4.78 is 42.0. The largest absolute Gasteiger partial charge is 0.490 e. The summed E-state index contributed by atoms with van der Waals surface area (Å²) in [5.74, 6) is 0.708. The lowest BCUT2D eigenvalue weighted by atomic mass is 10.1. The highest BCUT2D eigenvalue weighted by Crippen LogP contribution is 2.23. The first kappa shape index (κ1) is 17.8. The van der Waals surface area contributed by atoms with Crippen molar-refractivity contribution in [2.75, 3.05) is 13.2 Å². The van der Waals surface area contributed by atoms with E-state index in [9.17, 15) is 18.3 Å². The summed E-state index contributed by atoms with van der Waals surface area (Å²) in [6, 6.07) is 4.98. The average Bonchev–Trinajstić information content (AvgIpc) is 2.33. The maximum absolute atomic E-state index is 12.2. The Balaban J connectivity index is 2.36. The SMILES string of the molecule is Cc1cccc(C)c1OCC(O)CNC(C)CC(F)(F)F. The number of para-hydroxylation sites is 1. The number of aryl methyl sites for hydroxylation is 2. The molecule has 120 valence electrons. The zero-order chi connectivity index (χ0) is 16.0. The molecule has 2 unspecified atom stereocenters. The molecule has 0 aliphatic rings. The highest BCUT2D eigenvalue weighted by molar-refractivity contribution is 5.39. The quantitative estimate of drug-likeness (QED) is 0.814. The van der Waals surface area contributed by atoms with Crippen molar-refractivity contribution in [3.8, 4) is 5.75 Å². The Morgan fingerprint density at radius 1 is 1.24 bits per heavy atom. The van der Waals surface area contributed by atoms with Crippen molar-refractivity contribution < 1.29 is 23.0 Å². The van der Waals surface area contributed by atoms with Crippen molar-refractivity contribution in [1.82, 2.24) is 5.32 Å². The van der Waals surface area contributed by atoms with Crippen LogP contribution in [0.25, 0.3) is 0 Å². The van der Waals surface area contributed by atoms with Crippen molar-refractivity contribution in [3.63, 3.8) is 0 Å². The first-order chi connectivity index (χ1) is 9.69. The average molecular weight is 305 g/mol. The molecular weight excluding hydrogens is 283 g/mol. The Labute approximate surface area is 123 Å². The molecule has 0 saturated heterocycles. The number of benzene rings is 1. The van der Waals surface area contributed by atoms with Gasteiger partial charge >= 0.3 is 6.18 Å². The number of aliphatic hydroxyl groups is 1. The monoisotopic (exact) mass is 305 g/mol. The van der Waals surface area contributed by atoms with Crippen LogP contribution in [0.5, 0.6) is 5.75 Å². The van der Waals surface area contributed by atoms with Gasteiger partial charge in [0.2, 0.25) is 0 Å². The van der Waals surface area contributed by atoms with Gasteiger partial charge in [-0.3, -0.25) is 0 Å². The van der Waals surface area contributed by atoms with Crippen LogP contribution >= 0.6 is 0 Å². The molecule has 0 aromatic heterocycles. The van der Waals surface area contributed by atoms with E-state index in [-0.39, 0.29) is 13.2 Å². The molecule has 0 saturated carbocycles. The highest BCUT2D eigenvalue weighted by Gasteiger charge is 2.29. The molecule has 2 atom stereocenters. The van der Waals surface area contributed by atoms with E-state index in [2.05, 4.69) is 5.32 Å². The van der Waals surface area contributed by atoms with Crippen LogP contribution in [0.4, 0.5) is 13.2 Å². The number of rotatable bonds is 7. The topological polar surface area (TPSA) is 41.5 Å². The second kappa shape index (κ2) is 7.66. The molecule has 0 fully saturated rings. The van der Waals surface area contributed by atoms with Gasteiger partial charge in [0.25, 0.3) is 0 Å². The number of aliphatic hydroxyl groups excluding tert-OH is 1. The maximum Gasteiger partial charge on any atom is 0.390 e. The van der Waals surface area contributed by atoms with Gasteiger partial charge in [-0.2, -0.15) is 13.2 Å². The van der Waals surface area contributed by atoms with Crippen LogP contribution in [0.2, 0.25) is 0 Å². The molecule has 1 rings (SSSR count). The first-order valence-corrected chi connectivity index (χ1v) is 6.86. The molecule has 1 aromatic rings. The highest BCUT2D eigenvalue weighted by atomic mass is 19.4. The van der Waals surface area contributed by atoms with Crippen LogP contribution < -0.4 is 10.1 Å². The van der Waals surface area contributed by atoms with E-state index in [1.54, 1.807) is 0 Å².